The van der Waals surface area contributed by atoms with E-state index < -0.39 is 0 Å². The number of benzene rings is 3. The maximum Gasteiger partial charge on any atom is 0.118 e. The van der Waals surface area contributed by atoms with Crippen molar-refractivity contribution in [1.29, 1.82) is 0 Å². The highest BCUT2D eigenvalue weighted by Gasteiger charge is 2.05. The summed E-state index contributed by atoms with van der Waals surface area (Å²) in [5.74, 6) is 0.871. The Hall–Kier alpha value is -2.80. The first kappa shape index (κ1) is 14.2. The van der Waals surface area contributed by atoms with Gasteiger partial charge in [0.05, 0.1) is 7.11 Å². The van der Waals surface area contributed by atoms with Gasteiger partial charge in [0.2, 0.25) is 0 Å². The molecule has 0 amide bonds. The molecule has 0 saturated heterocycles. The van der Waals surface area contributed by atoms with Gasteiger partial charge in [-0.05, 0) is 40.5 Å². The molecule has 0 saturated carbocycles. The first-order valence-corrected chi connectivity index (χ1v) is 7.33. The lowest BCUT2D eigenvalue weighted by Gasteiger charge is -2.10. The molecule has 0 fully saturated rings. The van der Waals surface area contributed by atoms with Crippen LogP contribution in [0, 0.1) is 0 Å². The highest BCUT2D eigenvalue weighted by Crippen LogP contribution is 2.27. The molecule has 108 valence electrons. The molecule has 1 heteroatoms. The number of hydrogen-bond acceptors (Lipinski definition) is 1. The van der Waals surface area contributed by atoms with E-state index >= 15 is 0 Å². The van der Waals surface area contributed by atoms with Gasteiger partial charge < -0.3 is 4.74 Å². The summed E-state index contributed by atoms with van der Waals surface area (Å²) in [6.45, 7) is 0. The molecule has 0 bridgehead atoms. The predicted octanol–water partition coefficient (Wildman–Crippen LogP) is 5.28. The largest absolute Gasteiger partial charge is 0.497 e. The quantitative estimate of drug-likeness (QED) is 0.593. The molecular weight excluding hydrogens is 268 g/mol. The minimum Gasteiger partial charge on any atom is -0.497 e. The lowest BCUT2D eigenvalue weighted by Crippen LogP contribution is -1.89. The Morgan fingerprint density at radius 2 is 1.23 bits per heavy atom. The van der Waals surface area contributed by atoms with Crippen molar-refractivity contribution in [2.75, 3.05) is 7.11 Å². The SMILES string of the molecule is COc1ccc(/C(=C/c2ccccc2)c2ccccc2)cc1. The first-order valence-electron chi connectivity index (χ1n) is 7.33. The molecule has 22 heavy (non-hydrogen) atoms. The Balaban J connectivity index is 2.08. The normalized spacial score (nSPS) is 11.2. The summed E-state index contributed by atoms with van der Waals surface area (Å²) in [6.07, 6.45) is 2.22. The molecule has 0 aliphatic carbocycles. The fourth-order valence-corrected chi connectivity index (χ4v) is 2.44. The summed E-state index contributed by atoms with van der Waals surface area (Å²) in [7, 11) is 1.69. The Morgan fingerprint density at radius 3 is 1.82 bits per heavy atom. The summed E-state index contributed by atoms with van der Waals surface area (Å²) >= 11 is 0. The zero-order chi connectivity index (χ0) is 15.2. The van der Waals surface area contributed by atoms with E-state index in [2.05, 4.69) is 66.7 Å². The lowest BCUT2D eigenvalue weighted by molar-refractivity contribution is 0.415. The van der Waals surface area contributed by atoms with Crippen LogP contribution in [0.5, 0.6) is 5.75 Å². The third kappa shape index (κ3) is 3.26. The molecule has 0 aliphatic heterocycles. The molecule has 3 aromatic carbocycles. The average molecular weight is 286 g/mol. The van der Waals surface area contributed by atoms with Gasteiger partial charge in [0.1, 0.15) is 5.75 Å². The molecule has 0 N–H and O–H groups in total. The number of hydrogen-bond donors (Lipinski definition) is 0. The van der Waals surface area contributed by atoms with Crippen LogP contribution in [0.3, 0.4) is 0 Å². The number of ether oxygens (including phenoxy) is 1. The van der Waals surface area contributed by atoms with Crippen LogP contribution in [0.15, 0.2) is 84.9 Å². The summed E-state index contributed by atoms with van der Waals surface area (Å²) in [5, 5.41) is 0. The second-order valence-electron chi connectivity index (χ2n) is 5.06. The van der Waals surface area contributed by atoms with Gasteiger partial charge in [-0.3, -0.25) is 0 Å². The van der Waals surface area contributed by atoms with E-state index in [1.54, 1.807) is 7.11 Å². The van der Waals surface area contributed by atoms with E-state index in [-0.39, 0.29) is 0 Å². The molecule has 0 heterocycles. The lowest BCUT2D eigenvalue weighted by atomic mass is 9.95. The number of methoxy groups -OCH3 is 1. The standard InChI is InChI=1S/C21H18O/c1-22-20-14-12-19(13-15-20)21(18-10-6-3-7-11-18)16-17-8-4-2-5-9-17/h2-16H,1H3/b21-16+. The van der Waals surface area contributed by atoms with Crippen LogP contribution in [0.4, 0.5) is 0 Å². The van der Waals surface area contributed by atoms with E-state index in [1.807, 2.05) is 24.3 Å². The molecule has 3 aromatic rings. The predicted molar refractivity (Wildman–Crippen MR) is 92.9 cm³/mol. The van der Waals surface area contributed by atoms with Crippen molar-refractivity contribution in [3.63, 3.8) is 0 Å². The van der Waals surface area contributed by atoms with Gasteiger partial charge in [-0.25, -0.2) is 0 Å². The van der Waals surface area contributed by atoms with E-state index in [4.69, 9.17) is 4.74 Å². The van der Waals surface area contributed by atoms with Gasteiger partial charge in [0.15, 0.2) is 0 Å². The van der Waals surface area contributed by atoms with Gasteiger partial charge >= 0.3 is 0 Å². The van der Waals surface area contributed by atoms with Crippen LogP contribution in [-0.2, 0) is 0 Å². The highest BCUT2D eigenvalue weighted by molar-refractivity contribution is 5.91. The van der Waals surface area contributed by atoms with E-state index in [9.17, 15) is 0 Å². The molecule has 0 unspecified atom stereocenters. The molecular formula is C21H18O. The van der Waals surface area contributed by atoms with Crippen molar-refractivity contribution in [2.45, 2.75) is 0 Å². The van der Waals surface area contributed by atoms with Crippen molar-refractivity contribution < 1.29 is 4.74 Å². The number of rotatable bonds is 4. The summed E-state index contributed by atoms with van der Waals surface area (Å²) in [6, 6.07) is 29.0. The van der Waals surface area contributed by atoms with Crippen molar-refractivity contribution in [3.8, 4) is 5.75 Å². The molecule has 0 radical (unpaired) electrons. The minimum atomic E-state index is 0.871. The van der Waals surface area contributed by atoms with E-state index in [0.29, 0.717) is 0 Å². The van der Waals surface area contributed by atoms with Gasteiger partial charge in [-0.15, -0.1) is 0 Å². The van der Waals surface area contributed by atoms with E-state index in [0.717, 1.165) is 5.75 Å². The van der Waals surface area contributed by atoms with Crippen LogP contribution >= 0.6 is 0 Å². The minimum absolute atomic E-state index is 0.871. The first-order chi connectivity index (χ1) is 10.9. The van der Waals surface area contributed by atoms with Crippen molar-refractivity contribution in [2.24, 2.45) is 0 Å². The summed E-state index contributed by atoms with van der Waals surface area (Å²) in [4.78, 5) is 0. The van der Waals surface area contributed by atoms with Gasteiger partial charge in [-0.1, -0.05) is 72.8 Å². The molecule has 3 rings (SSSR count). The van der Waals surface area contributed by atoms with Crippen LogP contribution in [0.1, 0.15) is 16.7 Å². The van der Waals surface area contributed by atoms with Gasteiger partial charge in [0, 0.05) is 0 Å². The molecule has 0 aliphatic rings. The van der Waals surface area contributed by atoms with Crippen molar-refractivity contribution >= 4 is 11.6 Å². The van der Waals surface area contributed by atoms with Crippen molar-refractivity contribution in [1.82, 2.24) is 0 Å². The Morgan fingerprint density at radius 1 is 0.682 bits per heavy atom. The third-order valence-electron chi connectivity index (χ3n) is 3.60. The zero-order valence-corrected chi connectivity index (χ0v) is 12.6. The fraction of sp³-hybridized carbons (Fsp3) is 0.0476. The van der Waals surface area contributed by atoms with Crippen LogP contribution in [0.25, 0.3) is 11.6 Å². The fourth-order valence-electron chi connectivity index (χ4n) is 2.44. The second-order valence-corrected chi connectivity index (χ2v) is 5.06. The second kappa shape index (κ2) is 6.77. The average Bonchev–Trinajstić information content (AvgIpc) is 2.61. The molecule has 0 atom stereocenters. The van der Waals surface area contributed by atoms with E-state index in [1.165, 1.54) is 22.3 Å². The van der Waals surface area contributed by atoms with Crippen LogP contribution < -0.4 is 4.74 Å². The summed E-state index contributed by atoms with van der Waals surface area (Å²) < 4.78 is 5.25. The Bertz CT molecular complexity index is 741. The smallest absolute Gasteiger partial charge is 0.118 e. The van der Waals surface area contributed by atoms with Crippen LogP contribution in [-0.4, -0.2) is 7.11 Å². The zero-order valence-electron chi connectivity index (χ0n) is 12.6. The third-order valence-corrected chi connectivity index (χ3v) is 3.60. The molecule has 1 nitrogen and oxygen atoms in total. The maximum absolute atomic E-state index is 5.25. The van der Waals surface area contributed by atoms with Gasteiger partial charge in [0.25, 0.3) is 0 Å². The topological polar surface area (TPSA) is 9.23 Å². The Labute approximate surface area is 131 Å². The maximum atomic E-state index is 5.25. The monoisotopic (exact) mass is 286 g/mol. The van der Waals surface area contributed by atoms with Crippen LogP contribution in [0.2, 0.25) is 0 Å². The molecule has 0 spiro atoms. The molecule has 0 aromatic heterocycles. The van der Waals surface area contributed by atoms with Crippen molar-refractivity contribution in [3.05, 3.63) is 102 Å². The summed E-state index contributed by atoms with van der Waals surface area (Å²) in [5.41, 5.74) is 4.78. The highest BCUT2D eigenvalue weighted by atomic mass is 16.5. The Kier molecular flexibility index (Phi) is 4.35. The van der Waals surface area contributed by atoms with Gasteiger partial charge in [-0.2, -0.15) is 0 Å².